The average molecular weight is 732 g/mol. The fourth-order valence-corrected chi connectivity index (χ4v) is 10.6. The highest BCUT2D eigenvalue weighted by Gasteiger charge is 2.52. The molecule has 11 rings (SSSR count). The Kier molecular flexibility index (Phi) is 7.15. The number of fused-ring (bicyclic) bond motifs is 13. The van der Waals surface area contributed by atoms with Crippen LogP contribution < -0.4 is 4.90 Å². The zero-order chi connectivity index (χ0) is 38.8. The maximum absolute atomic E-state index is 2.53. The molecule has 0 saturated carbocycles. The van der Waals surface area contributed by atoms with Crippen LogP contribution in [0.4, 0.5) is 17.1 Å². The molecule has 1 spiro atoms. The largest absolute Gasteiger partial charge is 0.310 e. The summed E-state index contributed by atoms with van der Waals surface area (Å²) < 4.78 is 0. The van der Waals surface area contributed by atoms with Crippen molar-refractivity contribution in [3.63, 3.8) is 0 Å². The monoisotopic (exact) mass is 731 g/mol. The molecule has 8 aromatic carbocycles. The molecule has 3 aliphatic carbocycles. The third kappa shape index (κ3) is 4.69. The van der Waals surface area contributed by atoms with Crippen LogP contribution in [0.2, 0.25) is 0 Å². The van der Waals surface area contributed by atoms with Gasteiger partial charge in [-0.25, -0.2) is 0 Å². The Morgan fingerprint density at radius 1 is 0.333 bits per heavy atom. The molecule has 0 aliphatic heterocycles. The Balaban J connectivity index is 1.21. The fraction of sp³-hybridized carbons (Fsp3) is 0.143. The predicted octanol–water partition coefficient (Wildman–Crippen LogP) is 14.7. The highest BCUT2D eigenvalue weighted by Crippen LogP contribution is 2.65. The molecule has 0 unspecified atom stereocenters. The van der Waals surface area contributed by atoms with E-state index in [0.29, 0.717) is 0 Å². The lowest BCUT2D eigenvalue weighted by molar-refractivity contribution is 0.660. The summed E-state index contributed by atoms with van der Waals surface area (Å²) in [5.41, 5.74) is 26.7. The van der Waals surface area contributed by atoms with Crippen molar-refractivity contribution in [2.75, 3.05) is 4.90 Å². The van der Waals surface area contributed by atoms with Crippen molar-refractivity contribution in [3.8, 4) is 44.5 Å². The maximum atomic E-state index is 2.53. The first-order valence-electron chi connectivity index (χ1n) is 20.3. The normalized spacial score (nSPS) is 14.4. The van der Waals surface area contributed by atoms with Gasteiger partial charge in [0.2, 0.25) is 0 Å². The Morgan fingerprint density at radius 2 is 0.789 bits per heavy atom. The molecule has 274 valence electrons. The quantitative estimate of drug-likeness (QED) is 0.174. The molecule has 0 bridgehead atoms. The number of benzene rings is 8. The van der Waals surface area contributed by atoms with Gasteiger partial charge in [0.15, 0.2) is 0 Å². The third-order valence-corrected chi connectivity index (χ3v) is 13.3. The van der Waals surface area contributed by atoms with Gasteiger partial charge in [-0.15, -0.1) is 0 Å². The number of anilines is 3. The van der Waals surface area contributed by atoms with Crippen LogP contribution in [0.25, 0.3) is 44.5 Å². The first kappa shape index (κ1) is 33.9. The molecule has 1 heteroatoms. The van der Waals surface area contributed by atoms with E-state index in [1.807, 2.05) is 0 Å². The zero-order valence-corrected chi connectivity index (χ0v) is 33.5. The maximum Gasteiger partial charge on any atom is 0.0726 e. The minimum absolute atomic E-state index is 0.107. The summed E-state index contributed by atoms with van der Waals surface area (Å²) in [4.78, 5) is 2.49. The van der Waals surface area contributed by atoms with Crippen LogP contribution in [0.3, 0.4) is 0 Å². The second-order valence-corrected chi connectivity index (χ2v) is 17.2. The third-order valence-electron chi connectivity index (χ3n) is 13.3. The van der Waals surface area contributed by atoms with E-state index in [1.165, 1.54) is 106 Å². The van der Waals surface area contributed by atoms with Gasteiger partial charge in [0.05, 0.1) is 5.41 Å². The van der Waals surface area contributed by atoms with Crippen molar-refractivity contribution >= 4 is 17.1 Å². The standard InChI is InChI=1S/C56H45N/c1-34-14-20-38(21-15-34)42-11-9-13-49-54(42)47-29-25-41(33-53(47)56(49)51-30-36(3)18-26-45(51)46-27-19-37(4)31-52(46)56)57(39-22-16-35(2)17-23-39)40-24-28-44-43-10-7-8-12-48(43)55(5,6)50(44)32-40/h7-33H,1-6H3. The smallest absolute Gasteiger partial charge is 0.0726 e. The first-order valence-corrected chi connectivity index (χ1v) is 20.3. The molecule has 0 fully saturated rings. The Hall–Kier alpha value is -6.44. The van der Waals surface area contributed by atoms with Crippen molar-refractivity contribution in [2.24, 2.45) is 0 Å². The molecule has 0 amide bonds. The Labute approximate surface area is 336 Å². The van der Waals surface area contributed by atoms with E-state index in [2.05, 4.69) is 210 Å². The van der Waals surface area contributed by atoms with Crippen LogP contribution in [0, 0.1) is 27.7 Å². The van der Waals surface area contributed by atoms with Gasteiger partial charge in [-0.05, 0) is 142 Å². The van der Waals surface area contributed by atoms with Crippen molar-refractivity contribution < 1.29 is 0 Å². The first-order chi connectivity index (χ1) is 27.6. The molecule has 0 aromatic heterocycles. The van der Waals surface area contributed by atoms with Crippen LogP contribution in [0.15, 0.2) is 164 Å². The molecule has 8 aromatic rings. The molecular formula is C56H45N. The summed E-state index contributed by atoms with van der Waals surface area (Å²) in [7, 11) is 0. The fourth-order valence-electron chi connectivity index (χ4n) is 10.6. The second kappa shape index (κ2) is 12.0. The van der Waals surface area contributed by atoms with E-state index in [4.69, 9.17) is 0 Å². The Morgan fingerprint density at radius 3 is 1.46 bits per heavy atom. The van der Waals surface area contributed by atoms with E-state index < -0.39 is 5.41 Å². The number of nitrogens with zero attached hydrogens (tertiary/aromatic N) is 1. The highest BCUT2D eigenvalue weighted by molar-refractivity contribution is 6.01. The van der Waals surface area contributed by atoms with E-state index in [-0.39, 0.29) is 5.41 Å². The van der Waals surface area contributed by atoms with Gasteiger partial charge in [0, 0.05) is 22.5 Å². The van der Waals surface area contributed by atoms with E-state index in [0.717, 1.165) is 11.4 Å². The molecule has 0 N–H and O–H groups in total. The van der Waals surface area contributed by atoms with Crippen LogP contribution >= 0.6 is 0 Å². The number of aryl methyl sites for hydroxylation is 4. The van der Waals surface area contributed by atoms with Gasteiger partial charge in [-0.3, -0.25) is 0 Å². The number of hydrogen-bond donors (Lipinski definition) is 0. The predicted molar refractivity (Wildman–Crippen MR) is 239 cm³/mol. The van der Waals surface area contributed by atoms with Gasteiger partial charge in [0.25, 0.3) is 0 Å². The topological polar surface area (TPSA) is 3.24 Å². The molecule has 3 aliphatic rings. The molecule has 0 heterocycles. The van der Waals surface area contributed by atoms with Crippen molar-refractivity contribution in [3.05, 3.63) is 219 Å². The van der Waals surface area contributed by atoms with E-state index in [1.54, 1.807) is 0 Å². The lowest BCUT2D eigenvalue weighted by Gasteiger charge is -2.33. The summed E-state index contributed by atoms with van der Waals surface area (Å²) in [6.45, 7) is 13.6. The molecule has 1 nitrogen and oxygen atoms in total. The summed E-state index contributed by atoms with van der Waals surface area (Å²) in [6, 6.07) is 62.7. The van der Waals surface area contributed by atoms with Crippen LogP contribution in [-0.4, -0.2) is 0 Å². The number of hydrogen-bond acceptors (Lipinski definition) is 1. The van der Waals surface area contributed by atoms with Crippen molar-refractivity contribution in [2.45, 2.75) is 52.4 Å². The average Bonchev–Trinajstić information content (AvgIpc) is 3.76. The Bertz CT molecular complexity index is 2910. The van der Waals surface area contributed by atoms with Crippen molar-refractivity contribution in [1.82, 2.24) is 0 Å². The molecule has 0 radical (unpaired) electrons. The minimum atomic E-state index is -0.482. The highest BCUT2D eigenvalue weighted by atomic mass is 15.1. The lowest BCUT2D eigenvalue weighted by Crippen LogP contribution is -2.26. The van der Waals surface area contributed by atoms with E-state index in [9.17, 15) is 0 Å². The summed E-state index contributed by atoms with van der Waals surface area (Å²) in [5, 5.41) is 0. The van der Waals surface area contributed by atoms with Crippen LogP contribution in [-0.2, 0) is 10.8 Å². The molecule has 57 heavy (non-hydrogen) atoms. The van der Waals surface area contributed by atoms with Gasteiger partial charge >= 0.3 is 0 Å². The second-order valence-electron chi connectivity index (χ2n) is 17.2. The lowest BCUT2D eigenvalue weighted by atomic mass is 9.70. The minimum Gasteiger partial charge on any atom is -0.310 e. The SMILES string of the molecule is Cc1ccc(-c2cccc3c2-c2ccc(N(c4ccc(C)cc4)c4ccc5c(c4)C(C)(C)c4ccccc4-5)cc2C32c3cc(C)ccc3-c3ccc(C)cc32)cc1. The summed E-state index contributed by atoms with van der Waals surface area (Å²) in [5.74, 6) is 0. The molecule has 0 saturated heterocycles. The van der Waals surface area contributed by atoms with Gasteiger partial charge < -0.3 is 4.90 Å². The van der Waals surface area contributed by atoms with Crippen LogP contribution in [0.5, 0.6) is 0 Å². The summed E-state index contributed by atoms with van der Waals surface area (Å²) >= 11 is 0. The van der Waals surface area contributed by atoms with Gasteiger partial charge in [-0.2, -0.15) is 0 Å². The van der Waals surface area contributed by atoms with E-state index >= 15 is 0 Å². The zero-order valence-electron chi connectivity index (χ0n) is 33.5. The number of rotatable bonds is 4. The van der Waals surface area contributed by atoms with Crippen molar-refractivity contribution in [1.29, 1.82) is 0 Å². The van der Waals surface area contributed by atoms with Gasteiger partial charge in [-0.1, -0.05) is 163 Å². The van der Waals surface area contributed by atoms with Crippen LogP contribution in [0.1, 0.15) is 69.5 Å². The summed E-state index contributed by atoms with van der Waals surface area (Å²) in [6.07, 6.45) is 0. The van der Waals surface area contributed by atoms with Gasteiger partial charge in [0.1, 0.15) is 0 Å². The molecular weight excluding hydrogens is 687 g/mol. The molecule has 0 atom stereocenters.